The molecule has 2 aromatic carbocycles. The van der Waals surface area contributed by atoms with E-state index in [0.29, 0.717) is 0 Å². The fourth-order valence-corrected chi connectivity index (χ4v) is 2.61. The standard InChI is InChI=1S/C19H24N2O2/c1-2-3-13-20(16-18-8-5-4-6-9-18)14-12-17-10-7-11-19(15-17)21(22)23/h4-11,15H,2-3,12-14,16H2,1H3. The number of non-ortho nitro benzene ring substituents is 1. The van der Waals surface area contributed by atoms with Gasteiger partial charge in [0.2, 0.25) is 0 Å². The molecule has 0 saturated carbocycles. The summed E-state index contributed by atoms with van der Waals surface area (Å²) in [4.78, 5) is 13.0. The number of nitrogens with zero attached hydrogens (tertiary/aromatic N) is 2. The van der Waals surface area contributed by atoms with Crippen molar-refractivity contribution in [2.75, 3.05) is 13.1 Å². The first kappa shape index (κ1) is 17.2. The van der Waals surface area contributed by atoms with Crippen molar-refractivity contribution >= 4 is 5.69 Å². The van der Waals surface area contributed by atoms with Crippen LogP contribution in [-0.2, 0) is 13.0 Å². The number of nitro groups is 1. The molecule has 0 fully saturated rings. The third-order valence-corrected chi connectivity index (χ3v) is 3.91. The highest BCUT2D eigenvalue weighted by Gasteiger charge is 2.09. The van der Waals surface area contributed by atoms with Crippen molar-refractivity contribution in [1.82, 2.24) is 4.90 Å². The Bertz CT molecular complexity index is 614. The molecule has 0 bridgehead atoms. The molecule has 0 spiro atoms. The van der Waals surface area contributed by atoms with Gasteiger partial charge in [-0.25, -0.2) is 0 Å². The molecule has 0 aliphatic carbocycles. The highest BCUT2D eigenvalue weighted by atomic mass is 16.6. The lowest BCUT2D eigenvalue weighted by molar-refractivity contribution is -0.384. The fraction of sp³-hybridized carbons (Fsp3) is 0.368. The van der Waals surface area contributed by atoms with E-state index in [4.69, 9.17) is 0 Å². The smallest absolute Gasteiger partial charge is 0.269 e. The second-order valence-corrected chi connectivity index (χ2v) is 5.79. The molecular weight excluding hydrogens is 288 g/mol. The van der Waals surface area contributed by atoms with Gasteiger partial charge in [-0.3, -0.25) is 15.0 Å². The van der Waals surface area contributed by atoms with Gasteiger partial charge in [0.15, 0.2) is 0 Å². The van der Waals surface area contributed by atoms with E-state index < -0.39 is 0 Å². The third-order valence-electron chi connectivity index (χ3n) is 3.91. The molecule has 122 valence electrons. The van der Waals surface area contributed by atoms with Crippen LogP contribution in [0.15, 0.2) is 54.6 Å². The van der Waals surface area contributed by atoms with Crippen LogP contribution < -0.4 is 0 Å². The van der Waals surface area contributed by atoms with Gasteiger partial charge in [-0.2, -0.15) is 0 Å². The number of benzene rings is 2. The molecule has 0 N–H and O–H groups in total. The van der Waals surface area contributed by atoms with Crippen LogP contribution in [0.3, 0.4) is 0 Å². The van der Waals surface area contributed by atoms with E-state index in [9.17, 15) is 10.1 Å². The van der Waals surface area contributed by atoms with Gasteiger partial charge in [0.05, 0.1) is 4.92 Å². The van der Waals surface area contributed by atoms with Crippen molar-refractivity contribution in [2.45, 2.75) is 32.7 Å². The molecule has 2 aromatic rings. The predicted octanol–water partition coefficient (Wildman–Crippen LogP) is 4.44. The van der Waals surface area contributed by atoms with E-state index >= 15 is 0 Å². The highest BCUT2D eigenvalue weighted by Crippen LogP contribution is 2.14. The average Bonchev–Trinajstić information content (AvgIpc) is 2.58. The van der Waals surface area contributed by atoms with E-state index in [0.717, 1.165) is 31.6 Å². The lowest BCUT2D eigenvalue weighted by Gasteiger charge is -2.22. The Balaban J connectivity index is 1.97. The van der Waals surface area contributed by atoms with Gasteiger partial charge >= 0.3 is 0 Å². The quantitative estimate of drug-likeness (QED) is 0.508. The summed E-state index contributed by atoms with van der Waals surface area (Å²) in [6.07, 6.45) is 3.17. The molecule has 4 heteroatoms. The SMILES string of the molecule is CCCCN(CCc1cccc([N+](=O)[O-])c1)Cc1ccccc1. The summed E-state index contributed by atoms with van der Waals surface area (Å²) in [6.45, 7) is 5.09. The van der Waals surface area contributed by atoms with Gasteiger partial charge in [0, 0.05) is 25.2 Å². The van der Waals surface area contributed by atoms with Crippen LogP contribution in [0.5, 0.6) is 0 Å². The predicted molar refractivity (Wildman–Crippen MR) is 93.4 cm³/mol. The van der Waals surface area contributed by atoms with Gasteiger partial charge in [-0.05, 0) is 30.5 Å². The van der Waals surface area contributed by atoms with Gasteiger partial charge in [-0.1, -0.05) is 55.8 Å². The van der Waals surface area contributed by atoms with Gasteiger partial charge in [-0.15, -0.1) is 0 Å². The molecule has 0 radical (unpaired) electrons. The van der Waals surface area contributed by atoms with E-state index in [1.54, 1.807) is 18.2 Å². The summed E-state index contributed by atoms with van der Waals surface area (Å²) >= 11 is 0. The zero-order valence-corrected chi connectivity index (χ0v) is 13.6. The molecule has 0 amide bonds. The van der Waals surface area contributed by atoms with Crippen molar-refractivity contribution in [3.8, 4) is 0 Å². The topological polar surface area (TPSA) is 46.4 Å². The van der Waals surface area contributed by atoms with Crippen LogP contribution in [0.25, 0.3) is 0 Å². The Labute approximate surface area is 137 Å². The largest absolute Gasteiger partial charge is 0.299 e. The molecule has 0 aromatic heterocycles. The monoisotopic (exact) mass is 312 g/mol. The van der Waals surface area contributed by atoms with Crippen molar-refractivity contribution in [3.63, 3.8) is 0 Å². The van der Waals surface area contributed by atoms with E-state index in [-0.39, 0.29) is 10.6 Å². The van der Waals surface area contributed by atoms with E-state index in [1.165, 1.54) is 18.4 Å². The maximum absolute atomic E-state index is 10.9. The molecule has 4 nitrogen and oxygen atoms in total. The number of unbranched alkanes of at least 4 members (excludes halogenated alkanes) is 1. The number of rotatable bonds is 9. The number of hydrogen-bond donors (Lipinski definition) is 0. The second kappa shape index (κ2) is 9.06. The maximum Gasteiger partial charge on any atom is 0.269 e. The minimum Gasteiger partial charge on any atom is -0.299 e. The first-order chi connectivity index (χ1) is 11.2. The van der Waals surface area contributed by atoms with Crippen molar-refractivity contribution in [1.29, 1.82) is 0 Å². The molecule has 0 unspecified atom stereocenters. The Hall–Kier alpha value is -2.20. The second-order valence-electron chi connectivity index (χ2n) is 5.79. The lowest BCUT2D eigenvalue weighted by Crippen LogP contribution is -2.26. The van der Waals surface area contributed by atoms with E-state index in [2.05, 4.69) is 36.1 Å². The first-order valence-corrected chi connectivity index (χ1v) is 8.18. The Morgan fingerprint density at radius 1 is 1.00 bits per heavy atom. The fourth-order valence-electron chi connectivity index (χ4n) is 2.61. The molecule has 0 atom stereocenters. The molecule has 0 aliphatic heterocycles. The van der Waals surface area contributed by atoms with Crippen LogP contribution in [0.1, 0.15) is 30.9 Å². The van der Waals surface area contributed by atoms with Crippen LogP contribution in [0.2, 0.25) is 0 Å². The number of hydrogen-bond acceptors (Lipinski definition) is 3. The first-order valence-electron chi connectivity index (χ1n) is 8.18. The minimum atomic E-state index is -0.331. The molecule has 0 saturated heterocycles. The van der Waals surface area contributed by atoms with Gasteiger partial charge in [0.25, 0.3) is 5.69 Å². The number of nitro benzene ring substituents is 1. The van der Waals surface area contributed by atoms with Gasteiger partial charge < -0.3 is 0 Å². The molecule has 0 heterocycles. The summed E-state index contributed by atoms with van der Waals surface area (Å²) in [7, 11) is 0. The van der Waals surface area contributed by atoms with Crippen molar-refractivity contribution < 1.29 is 4.92 Å². The zero-order chi connectivity index (χ0) is 16.5. The van der Waals surface area contributed by atoms with Crippen LogP contribution in [0, 0.1) is 10.1 Å². The summed E-state index contributed by atoms with van der Waals surface area (Å²) in [5.74, 6) is 0. The summed E-state index contributed by atoms with van der Waals surface area (Å²) in [6, 6.07) is 17.4. The Morgan fingerprint density at radius 3 is 2.43 bits per heavy atom. The molecule has 0 aliphatic rings. The molecule has 2 rings (SSSR count). The Kier molecular flexibility index (Phi) is 6.76. The zero-order valence-electron chi connectivity index (χ0n) is 13.6. The molecular formula is C19H24N2O2. The van der Waals surface area contributed by atoms with Crippen LogP contribution in [0.4, 0.5) is 5.69 Å². The normalized spacial score (nSPS) is 10.9. The van der Waals surface area contributed by atoms with Gasteiger partial charge in [0.1, 0.15) is 0 Å². The summed E-state index contributed by atoms with van der Waals surface area (Å²) in [5.41, 5.74) is 2.50. The summed E-state index contributed by atoms with van der Waals surface area (Å²) in [5, 5.41) is 10.9. The van der Waals surface area contributed by atoms with Crippen LogP contribution >= 0.6 is 0 Å². The minimum absolute atomic E-state index is 0.172. The third kappa shape index (κ3) is 5.83. The molecule has 23 heavy (non-hydrogen) atoms. The Morgan fingerprint density at radius 2 is 1.74 bits per heavy atom. The lowest BCUT2D eigenvalue weighted by atomic mass is 10.1. The van der Waals surface area contributed by atoms with E-state index in [1.807, 2.05) is 12.1 Å². The highest BCUT2D eigenvalue weighted by molar-refractivity contribution is 5.34. The summed E-state index contributed by atoms with van der Waals surface area (Å²) < 4.78 is 0. The maximum atomic E-state index is 10.9. The van der Waals surface area contributed by atoms with Crippen molar-refractivity contribution in [3.05, 3.63) is 75.8 Å². The average molecular weight is 312 g/mol. The van der Waals surface area contributed by atoms with Crippen molar-refractivity contribution in [2.24, 2.45) is 0 Å². The van der Waals surface area contributed by atoms with Crippen LogP contribution in [-0.4, -0.2) is 22.9 Å².